The van der Waals surface area contributed by atoms with Gasteiger partial charge < -0.3 is 14.6 Å². The average Bonchev–Trinajstić information content (AvgIpc) is 2.55. The third kappa shape index (κ3) is 3.86. The highest BCUT2D eigenvalue weighted by molar-refractivity contribution is 5.94. The molecule has 1 aliphatic heterocycles. The fraction of sp³-hybridized carbons (Fsp3) is 0.235. The summed E-state index contributed by atoms with van der Waals surface area (Å²) in [5, 5.41) is 10.1. The monoisotopic (exact) mass is 337 g/mol. The highest BCUT2D eigenvalue weighted by Gasteiger charge is 2.31. The van der Waals surface area contributed by atoms with Crippen molar-refractivity contribution in [1.29, 1.82) is 0 Å². The molecule has 0 bridgehead atoms. The summed E-state index contributed by atoms with van der Waals surface area (Å²) in [5.41, 5.74) is 1.31. The van der Waals surface area contributed by atoms with Crippen LogP contribution in [0.3, 0.4) is 0 Å². The molecule has 0 fully saturated rings. The molecule has 2 unspecified atom stereocenters. The molecule has 2 atom stereocenters. The molecule has 1 aliphatic rings. The number of rotatable bonds is 3. The van der Waals surface area contributed by atoms with Crippen molar-refractivity contribution in [2.24, 2.45) is 4.99 Å². The molecule has 0 aromatic heterocycles. The molecular weight excluding hydrogens is 323 g/mol. The molecule has 7 heteroatoms. The number of aliphatic imine (C=N–C) groups is 1. The lowest BCUT2D eigenvalue weighted by Crippen LogP contribution is -2.31. The zero-order chi connectivity index (χ0) is 17.2. The number of aliphatic hydroxyl groups excluding tert-OH is 1. The number of hydrogen-bond donors (Lipinski definition) is 1. The number of nitrogens with zero attached hydrogens (tertiary/aromatic N) is 1. The zero-order valence-electron chi connectivity index (χ0n) is 12.4. The van der Waals surface area contributed by atoms with E-state index in [9.17, 15) is 18.3 Å². The number of benzene rings is 2. The van der Waals surface area contributed by atoms with Crippen LogP contribution in [0.4, 0.5) is 13.2 Å². The third-order valence-electron chi connectivity index (χ3n) is 3.47. The first-order chi connectivity index (χ1) is 11.4. The summed E-state index contributed by atoms with van der Waals surface area (Å²) < 4.78 is 46.1. The lowest BCUT2D eigenvalue weighted by molar-refractivity contribution is -0.274. The van der Waals surface area contributed by atoms with E-state index in [-0.39, 0.29) is 18.2 Å². The van der Waals surface area contributed by atoms with Gasteiger partial charge in [0.2, 0.25) is 5.90 Å². The van der Waals surface area contributed by atoms with Gasteiger partial charge in [-0.2, -0.15) is 0 Å². The Morgan fingerprint density at radius 3 is 2.33 bits per heavy atom. The molecule has 1 heterocycles. The Balaban J connectivity index is 1.77. The van der Waals surface area contributed by atoms with Gasteiger partial charge in [0.1, 0.15) is 11.9 Å². The smallest absolute Gasteiger partial charge is 0.466 e. The minimum Gasteiger partial charge on any atom is -0.466 e. The van der Waals surface area contributed by atoms with Gasteiger partial charge >= 0.3 is 6.36 Å². The maximum absolute atomic E-state index is 12.2. The number of hydrogen-bond acceptors (Lipinski definition) is 4. The molecule has 0 aliphatic carbocycles. The summed E-state index contributed by atoms with van der Waals surface area (Å²) >= 11 is 0. The van der Waals surface area contributed by atoms with Crippen LogP contribution in [0.5, 0.6) is 5.75 Å². The lowest BCUT2D eigenvalue weighted by Gasteiger charge is -2.28. The van der Waals surface area contributed by atoms with E-state index in [0.717, 1.165) is 5.56 Å². The van der Waals surface area contributed by atoms with Crippen LogP contribution in [0.25, 0.3) is 0 Å². The third-order valence-corrected chi connectivity index (χ3v) is 3.47. The van der Waals surface area contributed by atoms with Gasteiger partial charge in [0.15, 0.2) is 6.10 Å². The molecule has 0 radical (unpaired) electrons. The van der Waals surface area contributed by atoms with Crippen LogP contribution >= 0.6 is 0 Å². The minimum atomic E-state index is -4.73. The van der Waals surface area contributed by atoms with E-state index >= 15 is 0 Å². The second kappa shape index (κ2) is 6.52. The Bertz CT molecular complexity index is 714. The molecule has 4 nitrogen and oxygen atoms in total. The van der Waals surface area contributed by atoms with Crippen molar-refractivity contribution in [1.82, 2.24) is 0 Å². The van der Waals surface area contributed by atoms with E-state index in [2.05, 4.69) is 9.73 Å². The standard InChI is InChI=1S/C17H14F3NO3/c18-17(19,20)24-13-8-6-12(7-9-13)16-21-10-14(22)15(23-16)11-4-2-1-3-5-11/h1-9,14-15,22H,10H2. The molecular formula is C17H14F3NO3. The van der Waals surface area contributed by atoms with Crippen LogP contribution in [0.2, 0.25) is 0 Å². The molecule has 0 spiro atoms. The topological polar surface area (TPSA) is 51.1 Å². The summed E-state index contributed by atoms with van der Waals surface area (Å²) in [6, 6.07) is 14.4. The highest BCUT2D eigenvalue weighted by Crippen LogP contribution is 2.28. The molecule has 0 saturated heterocycles. The Morgan fingerprint density at radius 2 is 1.71 bits per heavy atom. The van der Waals surface area contributed by atoms with Crippen molar-refractivity contribution in [2.45, 2.75) is 18.6 Å². The lowest BCUT2D eigenvalue weighted by atomic mass is 10.0. The summed E-state index contributed by atoms with van der Waals surface area (Å²) in [5.74, 6) is -0.0463. The summed E-state index contributed by atoms with van der Waals surface area (Å²) in [6.45, 7) is 0.149. The van der Waals surface area contributed by atoms with Crippen molar-refractivity contribution in [3.63, 3.8) is 0 Å². The molecule has 2 aromatic rings. The zero-order valence-corrected chi connectivity index (χ0v) is 12.4. The first-order valence-electron chi connectivity index (χ1n) is 7.23. The number of alkyl halides is 3. The van der Waals surface area contributed by atoms with Gasteiger partial charge in [-0.25, -0.2) is 4.99 Å². The minimum absolute atomic E-state index is 0.149. The van der Waals surface area contributed by atoms with Crippen LogP contribution in [0.1, 0.15) is 17.2 Å². The van der Waals surface area contributed by atoms with Crippen molar-refractivity contribution >= 4 is 5.90 Å². The van der Waals surface area contributed by atoms with Crippen molar-refractivity contribution < 1.29 is 27.8 Å². The molecule has 3 rings (SSSR count). The fourth-order valence-corrected chi connectivity index (χ4v) is 2.40. The number of halogens is 3. The first kappa shape index (κ1) is 16.3. The normalized spacial score (nSPS) is 20.9. The van der Waals surface area contributed by atoms with Gasteiger partial charge in [0.25, 0.3) is 0 Å². The van der Waals surface area contributed by atoms with Crippen LogP contribution in [-0.4, -0.2) is 30.0 Å². The number of aliphatic hydroxyl groups is 1. The number of ether oxygens (including phenoxy) is 2. The van der Waals surface area contributed by atoms with E-state index in [1.165, 1.54) is 24.3 Å². The molecule has 126 valence electrons. The van der Waals surface area contributed by atoms with Gasteiger partial charge in [-0.3, -0.25) is 0 Å². The highest BCUT2D eigenvalue weighted by atomic mass is 19.4. The quantitative estimate of drug-likeness (QED) is 0.933. The molecule has 1 N–H and O–H groups in total. The van der Waals surface area contributed by atoms with Gasteiger partial charge in [0, 0.05) is 5.56 Å². The fourth-order valence-electron chi connectivity index (χ4n) is 2.40. The Kier molecular flexibility index (Phi) is 4.44. The molecule has 0 amide bonds. The van der Waals surface area contributed by atoms with Crippen LogP contribution < -0.4 is 4.74 Å². The van der Waals surface area contributed by atoms with Gasteiger partial charge in [-0.1, -0.05) is 30.3 Å². The van der Waals surface area contributed by atoms with E-state index < -0.39 is 18.6 Å². The van der Waals surface area contributed by atoms with E-state index in [4.69, 9.17) is 4.74 Å². The van der Waals surface area contributed by atoms with Gasteiger partial charge in [-0.05, 0) is 29.8 Å². The average molecular weight is 337 g/mol. The van der Waals surface area contributed by atoms with Crippen molar-refractivity contribution in [3.8, 4) is 5.75 Å². The molecule has 0 saturated carbocycles. The molecule has 2 aromatic carbocycles. The molecule has 24 heavy (non-hydrogen) atoms. The predicted molar refractivity (Wildman–Crippen MR) is 80.8 cm³/mol. The SMILES string of the molecule is OC1CN=C(c2ccc(OC(F)(F)F)cc2)OC1c1ccccc1. The summed E-state index contributed by atoms with van der Waals surface area (Å²) in [7, 11) is 0. The van der Waals surface area contributed by atoms with E-state index in [1.54, 1.807) is 0 Å². The second-order valence-electron chi connectivity index (χ2n) is 5.23. The first-order valence-corrected chi connectivity index (χ1v) is 7.23. The van der Waals surface area contributed by atoms with Crippen molar-refractivity contribution in [2.75, 3.05) is 6.54 Å². The van der Waals surface area contributed by atoms with E-state index in [1.807, 2.05) is 30.3 Å². The summed E-state index contributed by atoms with van der Waals surface area (Å²) in [6.07, 6.45) is -6.10. The van der Waals surface area contributed by atoms with Crippen LogP contribution in [0, 0.1) is 0 Å². The van der Waals surface area contributed by atoms with Crippen molar-refractivity contribution in [3.05, 3.63) is 65.7 Å². The summed E-state index contributed by atoms with van der Waals surface area (Å²) in [4.78, 5) is 4.14. The van der Waals surface area contributed by atoms with Gasteiger partial charge in [0.05, 0.1) is 6.54 Å². The maximum atomic E-state index is 12.2. The van der Waals surface area contributed by atoms with E-state index in [0.29, 0.717) is 5.56 Å². The largest absolute Gasteiger partial charge is 0.573 e. The van der Waals surface area contributed by atoms with Gasteiger partial charge in [-0.15, -0.1) is 13.2 Å². The Hall–Kier alpha value is -2.54. The Labute approximate surface area is 136 Å². The maximum Gasteiger partial charge on any atom is 0.573 e. The second-order valence-corrected chi connectivity index (χ2v) is 5.23. The van der Waals surface area contributed by atoms with Crippen LogP contribution in [0.15, 0.2) is 59.6 Å². The Morgan fingerprint density at radius 1 is 1.04 bits per heavy atom. The van der Waals surface area contributed by atoms with Crippen LogP contribution in [-0.2, 0) is 4.74 Å². The predicted octanol–water partition coefficient (Wildman–Crippen LogP) is 3.46.